The van der Waals surface area contributed by atoms with Crippen molar-refractivity contribution in [2.45, 2.75) is 27.6 Å². The zero-order chi connectivity index (χ0) is 13.9. The molecule has 114 valence electrons. The van der Waals surface area contributed by atoms with Crippen molar-refractivity contribution in [2.75, 3.05) is 44.5 Å². The number of thioether (sulfide) groups is 4. The first-order valence-electron chi connectivity index (χ1n) is 6.60. The molecule has 0 radical (unpaired) electrons. The Morgan fingerprint density at radius 3 is 2.37 bits per heavy atom. The lowest BCUT2D eigenvalue weighted by molar-refractivity contribution is 0.160. The minimum Gasteiger partial charge on any atom is -0.394 e. The van der Waals surface area contributed by atoms with E-state index in [1.807, 2.05) is 60.9 Å². The lowest BCUT2D eigenvalue weighted by Crippen LogP contribution is -2.25. The molecule has 1 fully saturated rings. The van der Waals surface area contributed by atoms with Crippen LogP contribution < -0.4 is 0 Å². The van der Waals surface area contributed by atoms with Crippen LogP contribution in [0.25, 0.3) is 0 Å². The molecule has 1 N–H and O–H groups in total. The van der Waals surface area contributed by atoms with Gasteiger partial charge in [-0.2, -0.15) is 11.8 Å². The highest BCUT2D eigenvalue weighted by molar-refractivity contribution is 8.34. The van der Waals surface area contributed by atoms with Gasteiger partial charge in [-0.3, -0.25) is 0 Å². The molecule has 19 heavy (non-hydrogen) atoms. The van der Waals surface area contributed by atoms with Gasteiger partial charge in [-0.1, -0.05) is 0 Å². The maximum atomic E-state index is 9.38. The van der Waals surface area contributed by atoms with E-state index in [4.69, 9.17) is 9.47 Å². The number of rotatable bonds is 10. The third-order valence-corrected chi connectivity index (χ3v) is 8.52. The highest BCUT2D eigenvalue weighted by Crippen LogP contribution is 2.47. The third kappa shape index (κ3) is 8.34. The van der Waals surface area contributed by atoms with E-state index < -0.39 is 0 Å². The van der Waals surface area contributed by atoms with Gasteiger partial charge in [0.2, 0.25) is 0 Å². The van der Waals surface area contributed by atoms with Crippen molar-refractivity contribution < 1.29 is 14.6 Å². The van der Waals surface area contributed by atoms with Crippen LogP contribution in [0.15, 0.2) is 0 Å². The molecule has 3 unspecified atom stereocenters. The Morgan fingerprint density at radius 2 is 1.68 bits per heavy atom. The van der Waals surface area contributed by atoms with Gasteiger partial charge in [0.15, 0.2) is 0 Å². The lowest BCUT2D eigenvalue weighted by Gasteiger charge is -2.32. The molecule has 7 heteroatoms. The molecule has 0 bridgehead atoms. The van der Waals surface area contributed by atoms with Gasteiger partial charge in [-0.15, -0.1) is 35.3 Å². The first kappa shape index (κ1) is 18.3. The zero-order valence-corrected chi connectivity index (χ0v) is 14.8. The van der Waals surface area contributed by atoms with E-state index in [0.29, 0.717) is 13.7 Å². The van der Waals surface area contributed by atoms with Gasteiger partial charge in [0.05, 0.1) is 33.6 Å². The standard InChI is InChI=1S/C12H24O3S4/c1-3-14-5-6-16-9-12-18-10(7-13)17-11(19-12)8-15-4-2/h10-13H,3-9H2,1-2H3. The van der Waals surface area contributed by atoms with E-state index in [0.717, 1.165) is 37.9 Å². The Labute approximate surface area is 133 Å². The van der Waals surface area contributed by atoms with Crippen LogP contribution in [0.1, 0.15) is 13.8 Å². The Morgan fingerprint density at radius 1 is 1.00 bits per heavy atom. The minimum atomic E-state index is 0.249. The SMILES string of the molecule is CCOCCSCC1SC(CO)SC(COCC)S1. The summed E-state index contributed by atoms with van der Waals surface area (Å²) in [5.41, 5.74) is 0. The smallest absolute Gasteiger partial charge is 0.0759 e. The van der Waals surface area contributed by atoms with Crippen molar-refractivity contribution in [2.24, 2.45) is 0 Å². The molecular formula is C12H24O3S4. The maximum absolute atomic E-state index is 9.38. The molecule has 0 aromatic rings. The van der Waals surface area contributed by atoms with Crippen LogP contribution in [0.5, 0.6) is 0 Å². The summed E-state index contributed by atoms with van der Waals surface area (Å²) in [5.74, 6) is 2.17. The predicted octanol–water partition coefficient (Wildman–Crippen LogP) is 2.98. The first-order chi connectivity index (χ1) is 9.30. The summed E-state index contributed by atoms with van der Waals surface area (Å²) in [4.78, 5) is 0. The molecule has 0 aliphatic carbocycles. The molecule has 1 heterocycles. The second kappa shape index (κ2) is 11.9. The van der Waals surface area contributed by atoms with Crippen LogP contribution in [0.2, 0.25) is 0 Å². The first-order valence-corrected chi connectivity index (χ1v) is 10.6. The lowest BCUT2D eigenvalue weighted by atomic mass is 10.8. The molecular weight excluding hydrogens is 320 g/mol. The molecule has 0 amide bonds. The number of ether oxygens (including phenoxy) is 2. The van der Waals surface area contributed by atoms with Gasteiger partial charge in [0.1, 0.15) is 0 Å². The van der Waals surface area contributed by atoms with Gasteiger partial charge < -0.3 is 14.6 Å². The summed E-state index contributed by atoms with van der Waals surface area (Å²) in [5, 5.41) is 9.38. The number of aliphatic hydroxyl groups excluding tert-OH is 1. The van der Waals surface area contributed by atoms with Crippen molar-refractivity contribution in [1.82, 2.24) is 0 Å². The fraction of sp³-hybridized carbons (Fsp3) is 1.00. The van der Waals surface area contributed by atoms with E-state index in [2.05, 4.69) is 0 Å². The molecule has 0 aromatic carbocycles. The van der Waals surface area contributed by atoms with E-state index in [1.165, 1.54) is 0 Å². The predicted molar refractivity (Wildman–Crippen MR) is 91.5 cm³/mol. The highest BCUT2D eigenvalue weighted by atomic mass is 32.3. The summed E-state index contributed by atoms with van der Waals surface area (Å²) in [7, 11) is 0. The average Bonchev–Trinajstić information content (AvgIpc) is 2.44. The molecule has 1 saturated heterocycles. The zero-order valence-electron chi connectivity index (χ0n) is 11.6. The van der Waals surface area contributed by atoms with Crippen molar-refractivity contribution >= 4 is 47.0 Å². The summed E-state index contributed by atoms with van der Waals surface area (Å²) in [6, 6.07) is 0. The molecule has 1 aliphatic heterocycles. The summed E-state index contributed by atoms with van der Waals surface area (Å²) >= 11 is 7.65. The monoisotopic (exact) mass is 344 g/mol. The fourth-order valence-corrected chi connectivity index (χ4v) is 8.66. The van der Waals surface area contributed by atoms with Crippen LogP contribution in [-0.2, 0) is 9.47 Å². The number of aliphatic hydroxyl groups is 1. The Bertz CT molecular complexity index is 221. The van der Waals surface area contributed by atoms with Gasteiger partial charge in [0, 0.05) is 24.7 Å². The Hall–Kier alpha value is 1.28. The number of hydrogen-bond donors (Lipinski definition) is 1. The molecule has 1 aliphatic rings. The number of hydrogen-bond acceptors (Lipinski definition) is 7. The third-order valence-electron chi connectivity index (χ3n) is 2.35. The minimum absolute atomic E-state index is 0.249. The highest BCUT2D eigenvalue weighted by Gasteiger charge is 2.30. The quantitative estimate of drug-likeness (QED) is 0.611. The molecule has 3 nitrogen and oxygen atoms in total. The molecule has 0 aromatic heterocycles. The van der Waals surface area contributed by atoms with Crippen LogP contribution >= 0.6 is 47.0 Å². The molecule has 0 saturated carbocycles. The molecule has 0 spiro atoms. The second-order valence-corrected chi connectivity index (χ2v) is 10.1. The van der Waals surface area contributed by atoms with E-state index in [1.54, 1.807) is 0 Å². The van der Waals surface area contributed by atoms with Crippen LogP contribution in [-0.4, -0.2) is 63.4 Å². The molecule has 3 atom stereocenters. The van der Waals surface area contributed by atoms with E-state index >= 15 is 0 Å². The Balaban J connectivity index is 2.22. The topological polar surface area (TPSA) is 38.7 Å². The summed E-state index contributed by atoms with van der Waals surface area (Å²) < 4.78 is 12.2. The van der Waals surface area contributed by atoms with Gasteiger partial charge >= 0.3 is 0 Å². The second-order valence-electron chi connectivity index (χ2n) is 3.81. The van der Waals surface area contributed by atoms with Crippen molar-refractivity contribution in [3.63, 3.8) is 0 Å². The van der Waals surface area contributed by atoms with Crippen molar-refractivity contribution in [1.29, 1.82) is 0 Å². The van der Waals surface area contributed by atoms with Crippen molar-refractivity contribution in [3.05, 3.63) is 0 Å². The van der Waals surface area contributed by atoms with Crippen LogP contribution in [0.3, 0.4) is 0 Å². The average molecular weight is 345 g/mol. The van der Waals surface area contributed by atoms with E-state index in [-0.39, 0.29) is 6.61 Å². The maximum Gasteiger partial charge on any atom is 0.0759 e. The fourth-order valence-electron chi connectivity index (χ4n) is 1.50. The normalized spacial score (nSPS) is 27.6. The van der Waals surface area contributed by atoms with Gasteiger partial charge in [-0.25, -0.2) is 0 Å². The van der Waals surface area contributed by atoms with Gasteiger partial charge in [0.25, 0.3) is 0 Å². The summed E-state index contributed by atoms with van der Waals surface area (Å²) in [6.45, 7) is 7.48. The molecule has 1 rings (SSSR count). The van der Waals surface area contributed by atoms with E-state index in [9.17, 15) is 5.11 Å². The largest absolute Gasteiger partial charge is 0.394 e. The van der Waals surface area contributed by atoms with Crippen LogP contribution in [0, 0.1) is 0 Å². The van der Waals surface area contributed by atoms with Crippen LogP contribution in [0.4, 0.5) is 0 Å². The summed E-state index contributed by atoms with van der Waals surface area (Å²) in [6.07, 6.45) is 0. The Kier molecular flexibility index (Phi) is 11.5. The van der Waals surface area contributed by atoms with Gasteiger partial charge in [-0.05, 0) is 13.8 Å². The van der Waals surface area contributed by atoms with Crippen molar-refractivity contribution in [3.8, 4) is 0 Å².